The van der Waals surface area contributed by atoms with E-state index >= 15 is 0 Å². The number of hydrogen-bond acceptors (Lipinski definition) is 8. The van der Waals surface area contributed by atoms with Gasteiger partial charge in [-0.2, -0.15) is 5.10 Å². The SMILES string of the molecule is CCOc1ccc(C=NNC(=O)CSc2nnc(-c3ccccc3)s2)cc1OCC. The Balaban J connectivity index is 1.50. The lowest BCUT2D eigenvalue weighted by Gasteiger charge is -2.11. The minimum atomic E-state index is -0.219. The van der Waals surface area contributed by atoms with Crippen LogP contribution in [-0.2, 0) is 4.79 Å². The van der Waals surface area contributed by atoms with Crippen LogP contribution in [0.1, 0.15) is 19.4 Å². The Hall–Kier alpha value is -2.91. The first-order valence-corrected chi connectivity index (χ1v) is 11.2. The van der Waals surface area contributed by atoms with Crippen LogP contribution >= 0.6 is 23.1 Å². The van der Waals surface area contributed by atoms with Gasteiger partial charge in [-0.05, 0) is 37.6 Å². The number of hydrazone groups is 1. The number of ether oxygens (including phenoxy) is 2. The largest absolute Gasteiger partial charge is 0.490 e. The first-order valence-electron chi connectivity index (χ1n) is 9.42. The smallest absolute Gasteiger partial charge is 0.250 e. The highest BCUT2D eigenvalue weighted by atomic mass is 32.2. The number of nitrogens with zero attached hydrogens (tertiary/aromatic N) is 3. The van der Waals surface area contributed by atoms with Gasteiger partial charge in [-0.25, -0.2) is 5.43 Å². The summed E-state index contributed by atoms with van der Waals surface area (Å²) in [5, 5.41) is 13.2. The predicted molar refractivity (Wildman–Crippen MR) is 121 cm³/mol. The molecule has 1 heterocycles. The fourth-order valence-electron chi connectivity index (χ4n) is 2.45. The van der Waals surface area contributed by atoms with Crippen LogP contribution in [-0.4, -0.2) is 41.3 Å². The first kappa shape index (κ1) is 21.8. The van der Waals surface area contributed by atoms with Crippen LogP contribution in [0.4, 0.5) is 0 Å². The van der Waals surface area contributed by atoms with Gasteiger partial charge in [-0.3, -0.25) is 4.79 Å². The predicted octanol–water partition coefficient (Wildman–Crippen LogP) is 4.24. The van der Waals surface area contributed by atoms with Crippen LogP contribution < -0.4 is 14.9 Å². The van der Waals surface area contributed by atoms with E-state index in [9.17, 15) is 4.79 Å². The van der Waals surface area contributed by atoms with Gasteiger partial charge in [0.05, 0.1) is 25.2 Å². The normalized spacial score (nSPS) is 10.9. The molecule has 1 N–H and O–H groups in total. The number of hydrogen-bond donors (Lipinski definition) is 1. The summed E-state index contributed by atoms with van der Waals surface area (Å²) in [5.41, 5.74) is 4.33. The number of thioether (sulfide) groups is 1. The Kier molecular flexibility index (Phi) is 8.22. The Morgan fingerprint density at radius 2 is 1.87 bits per heavy atom. The Morgan fingerprint density at radius 3 is 2.63 bits per heavy atom. The Morgan fingerprint density at radius 1 is 1.10 bits per heavy atom. The molecule has 1 amide bonds. The summed E-state index contributed by atoms with van der Waals surface area (Å²) in [7, 11) is 0. The van der Waals surface area contributed by atoms with E-state index in [1.807, 2.05) is 62.4 Å². The molecule has 2 aromatic carbocycles. The highest BCUT2D eigenvalue weighted by Gasteiger charge is 2.09. The average molecular weight is 443 g/mol. The molecule has 0 saturated carbocycles. The van der Waals surface area contributed by atoms with Crippen molar-refractivity contribution in [2.45, 2.75) is 18.2 Å². The third-order valence-electron chi connectivity index (χ3n) is 3.72. The van der Waals surface area contributed by atoms with E-state index in [0.29, 0.717) is 24.7 Å². The summed E-state index contributed by atoms with van der Waals surface area (Å²) in [5.74, 6) is 1.32. The van der Waals surface area contributed by atoms with Gasteiger partial charge in [0.1, 0.15) is 5.01 Å². The number of aromatic nitrogens is 2. The molecule has 0 bridgehead atoms. The van der Waals surface area contributed by atoms with Crippen LogP contribution in [0.25, 0.3) is 10.6 Å². The summed E-state index contributed by atoms with van der Waals surface area (Å²) >= 11 is 2.79. The number of benzene rings is 2. The molecular weight excluding hydrogens is 420 g/mol. The van der Waals surface area contributed by atoms with Gasteiger partial charge in [-0.1, -0.05) is 53.4 Å². The quantitative estimate of drug-likeness (QED) is 0.287. The molecule has 3 aromatic rings. The third kappa shape index (κ3) is 6.30. The minimum absolute atomic E-state index is 0.203. The van der Waals surface area contributed by atoms with Crippen molar-refractivity contribution in [1.82, 2.24) is 15.6 Å². The van der Waals surface area contributed by atoms with Gasteiger partial charge in [0.25, 0.3) is 5.91 Å². The zero-order chi connectivity index (χ0) is 21.2. The topological polar surface area (TPSA) is 85.7 Å². The standard InChI is InChI=1S/C21H22N4O3S2/c1-3-27-17-11-10-15(12-18(17)28-4-2)13-22-23-19(26)14-29-21-25-24-20(30-21)16-8-6-5-7-9-16/h5-13H,3-4,14H2,1-2H3,(H,23,26). The van der Waals surface area contributed by atoms with Gasteiger partial charge >= 0.3 is 0 Å². The molecule has 0 aliphatic carbocycles. The van der Waals surface area contributed by atoms with Crippen LogP contribution in [0.5, 0.6) is 11.5 Å². The number of nitrogens with one attached hydrogen (secondary N) is 1. The van der Waals surface area contributed by atoms with Crippen molar-refractivity contribution in [1.29, 1.82) is 0 Å². The monoisotopic (exact) mass is 442 g/mol. The van der Waals surface area contributed by atoms with Crippen LogP contribution in [0.3, 0.4) is 0 Å². The van der Waals surface area contributed by atoms with Crippen molar-refractivity contribution in [3.8, 4) is 22.1 Å². The summed E-state index contributed by atoms with van der Waals surface area (Å²) in [4.78, 5) is 12.1. The molecule has 30 heavy (non-hydrogen) atoms. The lowest BCUT2D eigenvalue weighted by Crippen LogP contribution is -2.19. The number of carbonyl (C=O) groups is 1. The van der Waals surface area contributed by atoms with Gasteiger partial charge in [0.15, 0.2) is 15.8 Å². The van der Waals surface area contributed by atoms with Gasteiger partial charge < -0.3 is 9.47 Å². The van der Waals surface area contributed by atoms with E-state index in [1.54, 1.807) is 6.21 Å². The van der Waals surface area contributed by atoms with Gasteiger partial charge in [0.2, 0.25) is 0 Å². The lowest BCUT2D eigenvalue weighted by atomic mass is 10.2. The molecule has 156 valence electrons. The average Bonchev–Trinajstić information content (AvgIpc) is 3.24. The fourth-order valence-corrected chi connectivity index (χ4v) is 4.10. The number of rotatable bonds is 10. The maximum absolute atomic E-state index is 12.1. The highest BCUT2D eigenvalue weighted by Crippen LogP contribution is 2.29. The molecular formula is C21H22N4O3S2. The van der Waals surface area contributed by atoms with Gasteiger partial charge in [-0.15, -0.1) is 10.2 Å². The number of amides is 1. The van der Waals surface area contributed by atoms with Crippen LogP contribution in [0, 0.1) is 0 Å². The summed E-state index contributed by atoms with van der Waals surface area (Å²) in [6.45, 7) is 4.92. The third-order valence-corrected chi connectivity index (χ3v) is 5.83. The molecule has 0 unspecified atom stereocenters. The molecule has 1 aromatic heterocycles. The minimum Gasteiger partial charge on any atom is -0.490 e. The maximum atomic E-state index is 12.1. The molecule has 0 fully saturated rings. The molecule has 0 radical (unpaired) electrons. The van der Waals surface area contributed by atoms with Crippen molar-refractivity contribution in [2.75, 3.05) is 19.0 Å². The summed E-state index contributed by atoms with van der Waals surface area (Å²) < 4.78 is 11.9. The number of carbonyl (C=O) groups excluding carboxylic acids is 1. The summed E-state index contributed by atoms with van der Waals surface area (Å²) in [6.07, 6.45) is 1.57. The molecule has 0 aliphatic rings. The van der Waals surface area contributed by atoms with E-state index in [0.717, 1.165) is 20.5 Å². The van der Waals surface area contributed by atoms with Crippen molar-refractivity contribution < 1.29 is 14.3 Å². The Labute approximate surface area is 183 Å². The maximum Gasteiger partial charge on any atom is 0.250 e. The molecule has 7 nitrogen and oxygen atoms in total. The lowest BCUT2D eigenvalue weighted by molar-refractivity contribution is -0.118. The molecule has 0 saturated heterocycles. The summed E-state index contributed by atoms with van der Waals surface area (Å²) in [6, 6.07) is 15.3. The highest BCUT2D eigenvalue weighted by molar-refractivity contribution is 8.01. The zero-order valence-electron chi connectivity index (χ0n) is 16.7. The molecule has 9 heteroatoms. The molecule has 0 spiro atoms. The molecule has 0 atom stereocenters. The van der Waals surface area contributed by atoms with Crippen LogP contribution in [0.15, 0.2) is 58.0 Å². The second-order valence-electron chi connectivity index (χ2n) is 5.89. The fraction of sp³-hybridized carbons (Fsp3) is 0.238. The second-order valence-corrected chi connectivity index (χ2v) is 8.09. The van der Waals surface area contributed by atoms with Crippen molar-refractivity contribution in [2.24, 2.45) is 5.10 Å². The second kappa shape index (κ2) is 11.3. The van der Waals surface area contributed by atoms with E-state index < -0.39 is 0 Å². The Bertz CT molecular complexity index is 993. The van der Waals surface area contributed by atoms with E-state index in [2.05, 4.69) is 20.7 Å². The zero-order valence-corrected chi connectivity index (χ0v) is 18.3. The molecule has 0 aliphatic heterocycles. The van der Waals surface area contributed by atoms with E-state index in [4.69, 9.17) is 9.47 Å². The van der Waals surface area contributed by atoms with E-state index in [-0.39, 0.29) is 11.7 Å². The van der Waals surface area contributed by atoms with Crippen molar-refractivity contribution in [3.05, 3.63) is 54.1 Å². The van der Waals surface area contributed by atoms with E-state index in [1.165, 1.54) is 23.1 Å². The van der Waals surface area contributed by atoms with Crippen molar-refractivity contribution in [3.63, 3.8) is 0 Å². The first-order chi connectivity index (χ1) is 14.7. The van der Waals surface area contributed by atoms with Gasteiger partial charge in [0, 0.05) is 5.56 Å². The van der Waals surface area contributed by atoms with Crippen molar-refractivity contribution >= 4 is 35.2 Å². The van der Waals surface area contributed by atoms with Crippen LogP contribution in [0.2, 0.25) is 0 Å². The molecule has 3 rings (SSSR count).